The number of nitrogens with zero attached hydrogens (tertiary/aromatic N) is 5. The quantitative estimate of drug-likeness (QED) is 0.162. The van der Waals surface area contributed by atoms with Gasteiger partial charge in [-0.05, 0) is 5.57 Å². The molecule has 12 nitrogen and oxygen atoms in total. The molecule has 15 heteroatoms. The summed E-state index contributed by atoms with van der Waals surface area (Å²) in [5.74, 6) is -2.48. The average molecular weight is 510 g/mol. The Kier molecular flexibility index (Phi) is 8.43. The van der Waals surface area contributed by atoms with Gasteiger partial charge in [-0.1, -0.05) is 17.3 Å². The SMILES string of the molecule is CO/N=C(\C(=O)N[C@@H]1C(=O)N2C(C(=O)[O-])=C(/C=C\c3cncnc3)CS[C@@H]12)c1csc(N)n1.[Na+]. The number of hydrogen-bond acceptors (Lipinski definition) is 12. The number of nitrogen functional groups attached to an aromatic ring is 1. The van der Waals surface area contributed by atoms with Crippen LogP contribution in [0, 0.1) is 0 Å². The maximum absolute atomic E-state index is 12.8. The van der Waals surface area contributed by atoms with Gasteiger partial charge >= 0.3 is 29.6 Å². The number of nitrogens with two attached hydrogens (primary N) is 1. The van der Waals surface area contributed by atoms with Crippen LogP contribution < -0.4 is 45.7 Å². The van der Waals surface area contributed by atoms with Crippen molar-refractivity contribution < 1.29 is 53.9 Å². The maximum atomic E-state index is 12.8. The number of thioether (sulfide) groups is 1. The van der Waals surface area contributed by atoms with Gasteiger partial charge in [0.15, 0.2) is 10.8 Å². The number of fused-ring (bicyclic) bond motifs is 1. The van der Waals surface area contributed by atoms with Gasteiger partial charge in [0.1, 0.15) is 30.5 Å². The Hall–Kier alpha value is -2.78. The number of carbonyl (C=O) groups is 3. The Morgan fingerprint density at radius 3 is 2.71 bits per heavy atom. The van der Waals surface area contributed by atoms with Crippen LogP contribution in [0.5, 0.6) is 0 Å². The van der Waals surface area contributed by atoms with Crippen molar-refractivity contribution in [1.82, 2.24) is 25.2 Å². The fourth-order valence-corrected chi connectivity index (χ4v) is 5.12. The van der Waals surface area contributed by atoms with E-state index in [-0.39, 0.29) is 57.5 Å². The van der Waals surface area contributed by atoms with Crippen molar-refractivity contribution in [3.63, 3.8) is 0 Å². The van der Waals surface area contributed by atoms with Crippen LogP contribution in [-0.2, 0) is 19.2 Å². The van der Waals surface area contributed by atoms with Crippen LogP contribution in [0.15, 0.2) is 46.6 Å². The first-order valence-corrected chi connectivity index (χ1v) is 11.3. The van der Waals surface area contributed by atoms with Crippen LogP contribution in [0.3, 0.4) is 0 Å². The van der Waals surface area contributed by atoms with E-state index in [4.69, 9.17) is 10.6 Å². The Bertz CT molecular complexity index is 1200. The van der Waals surface area contributed by atoms with E-state index in [9.17, 15) is 19.5 Å². The number of allylic oxidation sites excluding steroid dienone is 1. The summed E-state index contributed by atoms with van der Waals surface area (Å²) in [6, 6.07) is -0.956. The molecule has 0 aliphatic carbocycles. The van der Waals surface area contributed by atoms with Crippen LogP contribution in [0.25, 0.3) is 6.08 Å². The van der Waals surface area contributed by atoms with Gasteiger partial charge in [0.05, 0.1) is 11.7 Å². The molecule has 2 aliphatic heterocycles. The molecule has 0 radical (unpaired) electrons. The van der Waals surface area contributed by atoms with E-state index in [2.05, 4.69) is 25.4 Å². The van der Waals surface area contributed by atoms with Gasteiger partial charge in [-0.2, -0.15) is 0 Å². The fraction of sp³-hybridized carbons (Fsp3) is 0.211. The normalized spacial score (nSPS) is 19.9. The van der Waals surface area contributed by atoms with E-state index < -0.39 is 29.2 Å². The molecule has 2 aromatic rings. The molecule has 2 amide bonds. The Morgan fingerprint density at radius 2 is 2.09 bits per heavy atom. The number of thiazole rings is 1. The molecule has 4 rings (SSSR count). The summed E-state index contributed by atoms with van der Waals surface area (Å²) in [5.41, 5.74) is 6.50. The number of hydrogen-bond donors (Lipinski definition) is 2. The van der Waals surface area contributed by atoms with Gasteiger partial charge in [0, 0.05) is 29.1 Å². The zero-order valence-electron chi connectivity index (χ0n) is 18.0. The van der Waals surface area contributed by atoms with Crippen molar-refractivity contribution in [2.75, 3.05) is 18.6 Å². The molecule has 0 saturated carbocycles. The van der Waals surface area contributed by atoms with Gasteiger partial charge in [0.2, 0.25) is 0 Å². The van der Waals surface area contributed by atoms with Crippen LogP contribution in [0.1, 0.15) is 11.3 Å². The summed E-state index contributed by atoms with van der Waals surface area (Å²) >= 11 is 2.43. The van der Waals surface area contributed by atoms with Crippen molar-refractivity contribution >= 4 is 57.8 Å². The molecule has 4 heterocycles. The molecule has 1 fully saturated rings. The predicted octanol–water partition coefficient (Wildman–Crippen LogP) is -4.01. The molecule has 0 spiro atoms. The van der Waals surface area contributed by atoms with E-state index in [1.54, 1.807) is 24.5 Å². The number of amides is 2. The first-order valence-electron chi connectivity index (χ1n) is 9.36. The topological polar surface area (TPSA) is 176 Å². The second-order valence-electron chi connectivity index (χ2n) is 6.72. The number of carboxylic acid groups (broad SMARTS) is 1. The minimum Gasteiger partial charge on any atom is -0.543 e. The van der Waals surface area contributed by atoms with Crippen molar-refractivity contribution in [3.8, 4) is 0 Å². The number of aromatic nitrogens is 3. The molecular formula is C19H16N7NaO5S2. The third kappa shape index (κ3) is 5.15. The van der Waals surface area contributed by atoms with Gasteiger partial charge in [0.25, 0.3) is 11.8 Å². The summed E-state index contributed by atoms with van der Waals surface area (Å²) in [7, 11) is 1.27. The molecular weight excluding hydrogens is 493 g/mol. The van der Waals surface area contributed by atoms with E-state index in [0.29, 0.717) is 11.1 Å². The summed E-state index contributed by atoms with van der Waals surface area (Å²) in [6.45, 7) is 0. The summed E-state index contributed by atoms with van der Waals surface area (Å²) in [4.78, 5) is 55.1. The minimum absolute atomic E-state index is 0. The number of anilines is 1. The third-order valence-electron chi connectivity index (χ3n) is 4.70. The molecule has 3 N–H and O–H groups in total. The molecule has 0 unspecified atom stereocenters. The summed E-state index contributed by atoms with van der Waals surface area (Å²) in [6.07, 6.45) is 7.75. The van der Waals surface area contributed by atoms with Crippen LogP contribution in [0.4, 0.5) is 5.13 Å². The van der Waals surface area contributed by atoms with Crippen LogP contribution >= 0.6 is 23.1 Å². The molecule has 0 bridgehead atoms. The van der Waals surface area contributed by atoms with E-state index >= 15 is 0 Å². The van der Waals surface area contributed by atoms with E-state index in [1.807, 2.05) is 0 Å². The zero-order valence-corrected chi connectivity index (χ0v) is 21.6. The van der Waals surface area contributed by atoms with Crippen molar-refractivity contribution in [1.29, 1.82) is 0 Å². The van der Waals surface area contributed by atoms with E-state index in [0.717, 1.165) is 16.2 Å². The first kappa shape index (κ1) is 25.8. The third-order valence-corrected chi connectivity index (χ3v) is 6.67. The number of carbonyl (C=O) groups excluding carboxylic acids is 3. The number of β-lactam (4-membered cyclic amide) rings is 1. The van der Waals surface area contributed by atoms with Crippen molar-refractivity contribution in [2.24, 2.45) is 5.16 Å². The first-order chi connectivity index (χ1) is 15.9. The molecule has 0 aromatic carbocycles. The molecule has 2 aromatic heterocycles. The Labute approximate surface area is 223 Å². The smallest absolute Gasteiger partial charge is 0.543 e. The minimum atomic E-state index is -1.48. The van der Waals surface area contributed by atoms with E-state index in [1.165, 1.54) is 30.6 Å². The summed E-state index contributed by atoms with van der Waals surface area (Å²) in [5, 5.41) is 19.3. The van der Waals surface area contributed by atoms with Crippen molar-refractivity contribution in [2.45, 2.75) is 11.4 Å². The van der Waals surface area contributed by atoms with Gasteiger partial charge in [-0.3, -0.25) is 14.5 Å². The largest absolute Gasteiger partial charge is 1.00 e. The second-order valence-corrected chi connectivity index (χ2v) is 8.72. The number of carboxylic acids is 1. The average Bonchev–Trinajstić information content (AvgIpc) is 3.25. The number of oxime groups is 1. The van der Waals surface area contributed by atoms with Gasteiger partial charge < -0.3 is 25.8 Å². The Balaban J connectivity index is 0.00000324. The van der Waals surface area contributed by atoms with Crippen LogP contribution in [0.2, 0.25) is 0 Å². The zero-order chi connectivity index (χ0) is 23.5. The molecule has 2 aliphatic rings. The standard InChI is InChI=1S/C19H17N7O5S2.Na/c1-31-25-12(11-7-33-19(20)23-11)15(27)24-13-16(28)26-14(18(29)30)10(6-32-17(13)26)3-2-9-4-21-8-22-5-9;/h2-5,7-8,13,17H,6H2,1H3,(H2,20,23)(H,24,27)(H,29,30);/q;+1/p-1/b3-2-,25-12-;/t13-,17+;/m1./s1. The van der Waals surface area contributed by atoms with Gasteiger partial charge in [-0.15, -0.1) is 23.1 Å². The second kappa shape index (κ2) is 11.1. The van der Waals surface area contributed by atoms with Crippen molar-refractivity contribution in [3.05, 3.63) is 52.7 Å². The van der Waals surface area contributed by atoms with Gasteiger partial charge in [-0.25, -0.2) is 15.0 Å². The molecule has 2 atom stereocenters. The summed E-state index contributed by atoms with van der Waals surface area (Å²) < 4.78 is 0. The molecule has 34 heavy (non-hydrogen) atoms. The fourth-order valence-electron chi connectivity index (χ4n) is 3.26. The van der Waals surface area contributed by atoms with Crippen LogP contribution in [-0.4, -0.2) is 67.6 Å². The number of nitrogens with one attached hydrogen (secondary N) is 1. The monoisotopic (exact) mass is 509 g/mol. The Morgan fingerprint density at radius 1 is 1.35 bits per heavy atom. The maximum Gasteiger partial charge on any atom is 1.00 e. The predicted molar refractivity (Wildman–Crippen MR) is 118 cm³/mol. The number of rotatable bonds is 7. The molecule has 1 saturated heterocycles. The number of aliphatic carboxylic acids is 1. The molecule has 170 valence electrons.